The third-order valence-electron chi connectivity index (χ3n) is 6.62. The lowest BCUT2D eigenvalue weighted by atomic mass is 9.47. The number of terminal acetylenes is 1. The molecule has 2 amide bonds. The Hall–Kier alpha value is -2.56. The van der Waals surface area contributed by atoms with Crippen molar-refractivity contribution in [2.45, 2.75) is 68.2 Å². The normalized spacial score (nSPS) is 39.9. The summed E-state index contributed by atoms with van der Waals surface area (Å²) >= 11 is 0. The van der Waals surface area contributed by atoms with Crippen LogP contribution in [0.25, 0.3) is 0 Å². The Morgan fingerprint density at radius 1 is 1.32 bits per heavy atom. The summed E-state index contributed by atoms with van der Waals surface area (Å²) in [4.78, 5) is 24.2. The number of alkyl carbamates (subject to hydrolysis) is 1. The Balaban J connectivity index is 1.09. The fourth-order valence-electron chi connectivity index (χ4n) is 5.02. The number of nitrogens with zero attached hydrogens (tertiary/aromatic N) is 1. The van der Waals surface area contributed by atoms with Gasteiger partial charge in [0, 0.05) is 42.9 Å². The van der Waals surface area contributed by atoms with Crippen LogP contribution in [0.4, 0.5) is 15.0 Å². The molecule has 1 heterocycles. The second-order valence-corrected chi connectivity index (χ2v) is 8.94. The molecular formula is C20H23FN4O3. The van der Waals surface area contributed by atoms with Crippen molar-refractivity contribution < 1.29 is 18.7 Å². The van der Waals surface area contributed by atoms with Crippen molar-refractivity contribution in [2.24, 2.45) is 11.8 Å². The number of halogens is 1. The standard InChI is InChI=1S/C20H23FN4O3/c1-2-11-6-14(11)17(26)22-16-7-15(24-25-16)12-3-4-13(5-12)28-18(27)23-20-8-19(21,9-20)10-20/h1,7,11-14H,3-6,8-10H2,(H,23,27)(H2,22,24,25,26)/t11-,12-,13+,14-,19?,20?/m0/s1. The first-order chi connectivity index (χ1) is 13.4. The summed E-state index contributed by atoms with van der Waals surface area (Å²) in [6.07, 6.45) is 9.02. The number of aromatic nitrogens is 2. The van der Waals surface area contributed by atoms with Crippen molar-refractivity contribution >= 4 is 17.8 Å². The fourth-order valence-corrected chi connectivity index (χ4v) is 5.02. The number of rotatable bonds is 5. The van der Waals surface area contributed by atoms with Crippen LogP contribution in [0, 0.1) is 24.2 Å². The summed E-state index contributed by atoms with van der Waals surface area (Å²) in [6.45, 7) is 0. The summed E-state index contributed by atoms with van der Waals surface area (Å²) in [5.74, 6) is 3.13. The molecule has 7 nitrogen and oxygen atoms in total. The van der Waals surface area contributed by atoms with E-state index in [0.717, 1.165) is 25.0 Å². The predicted molar refractivity (Wildman–Crippen MR) is 98.1 cm³/mol. The van der Waals surface area contributed by atoms with Gasteiger partial charge in [0.05, 0.1) is 11.5 Å². The Bertz CT molecular complexity index is 855. The smallest absolute Gasteiger partial charge is 0.407 e. The highest BCUT2D eigenvalue weighted by Gasteiger charge is 2.70. The van der Waals surface area contributed by atoms with Crippen LogP contribution in [0.1, 0.15) is 56.6 Å². The Morgan fingerprint density at radius 2 is 2.11 bits per heavy atom. The number of hydrogen-bond acceptors (Lipinski definition) is 4. The minimum Gasteiger partial charge on any atom is -0.446 e. The molecule has 3 N–H and O–H groups in total. The predicted octanol–water partition coefficient (Wildman–Crippen LogP) is 2.62. The van der Waals surface area contributed by atoms with E-state index in [1.54, 1.807) is 0 Å². The van der Waals surface area contributed by atoms with Gasteiger partial charge >= 0.3 is 6.09 Å². The van der Waals surface area contributed by atoms with E-state index in [1.165, 1.54) is 0 Å². The Labute approximate surface area is 162 Å². The number of ether oxygens (including phenoxy) is 1. The molecule has 6 rings (SSSR count). The van der Waals surface area contributed by atoms with E-state index in [1.807, 2.05) is 6.07 Å². The van der Waals surface area contributed by atoms with Crippen LogP contribution in [0.2, 0.25) is 0 Å². The number of H-pyrrole nitrogens is 1. The van der Waals surface area contributed by atoms with Gasteiger partial charge in [-0.05, 0) is 25.7 Å². The highest BCUT2D eigenvalue weighted by atomic mass is 19.1. The molecule has 148 valence electrons. The highest BCUT2D eigenvalue weighted by Crippen LogP contribution is 2.62. The molecule has 1 aromatic heterocycles. The molecular weight excluding hydrogens is 363 g/mol. The minimum absolute atomic E-state index is 0.0398. The van der Waals surface area contributed by atoms with Crippen LogP contribution in [0.5, 0.6) is 0 Å². The molecule has 5 saturated carbocycles. The van der Waals surface area contributed by atoms with Gasteiger partial charge in [-0.25, -0.2) is 9.18 Å². The fraction of sp³-hybridized carbons (Fsp3) is 0.650. The van der Waals surface area contributed by atoms with Gasteiger partial charge in [-0.15, -0.1) is 12.3 Å². The highest BCUT2D eigenvalue weighted by molar-refractivity contribution is 5.94. The second-order valence-electron chi connectivity index (χ2n) is 8.94. The lowest BCUT2D eigenvalue weighted by molar-refractivity contribution is -0.165. The van der Waals surface area contributed by atoms with Crippen LogP contribution in [0.15, 0.2) is 6.07 Å². The van der Waals surface area contributed by atoms with Crippen LogP contribution in [-0.2, 0) is 9.53 Å². The first kappa shape index (κ1) is 17.5. The lowest BCUT2D eigenvalue weighted by Gasteiger charge is -2.65. The van der Waals surface area contributed by atoms with Crippen LogP contribution in [0.3, 0.4) is 0 Å². The molecule has 0 saturated heterocycles. The molecule has 0 radical (unpaired) electrons. The van der Waals surface area contributed by atoms with E-state index < -0.39 is 11.8 Å². The molecule has 0 aliphatic heterocycles. The number of hydrogen-bond donors (Lipinski definition) is 3. The Morgan fingerprint density at radius 3 is 2.79 bits per heavy atom. The molecule has 0 spiro atoms. The number of carbonyl (C=O) groups is 2. The number of aromatic amines is 1. The van der Waals surface area contributed by atoms with Crippen molar-refractivity contribution in [2.75, 3.05) is 5.32 Å². The van der Waals surface area contributed by atoms with Gasteiger partial charge in [0.15, 0.2) is 5.82 Å². The van der Waals surface area contributed by atoms with Crippen molar-refractivity contribution in [1.29, 1.82) is 0 Å². The third kappa shape index (κ3) is 3.03. The monoisotopic (exact) mass is 386 g/mol. The first-order valence-electron chi connectivity index (χ1n) is 9.87. The number of carbonyl (C=O) groups excluding carboxylic acids is 2. The van der Waals surface area contributed by atoms with Gasteiger partial charge in [-0.2, -0.15) is 5.10 Å². The maximum absolute atomic E-state index is 13.5. The van der Waals surface area contributed by atoms with Crippen LogP contribution < -0.4 is 10.6 Å². The van der Waals surface area contributed by atoms with E-state index in [4.69, 9.17) is 11.2 Å². The van der Waals surface area contributed by atoms with Gasteiger partial charge in [0.1, 0.15) is 11.8 Å². The average Bonchev–Trinajstić information content (AvgIpc) is 3.01. The van der Waals surface area contributed by atoms with Gasteiger partial charge in [0.25, 0.3) is 0 Å². The van der Waals surface area contributed by atoms with Gasteiger partial charge in [0.2, 0.25) is 5.91 Å². The lowest BCUT2D eigenvalue weighted by Crippen LogP contribution is -2.76. The van der Waals surface area contributed by atoms with Gasteiger partial charge in [-0.1, -0.05) is 0 Å². The Kier molecular flexibility index (Phi) is 3.74. The molecule has 5 aliphatic rings. The SMILES string of the molecule is C#C[C@H]1C[C@@H]1C(=O)Nc1cc([C@H]2CC[C@@H](OC(=O)NC34CC(F)(C3)C4)C2)[nH]n1. The van der Waals surface area contributed by atoms with Crippen LogP contribution >= 0.6 is 0 Å². The van der Waals surface area contributed by atoms with Gasteiger partial charge in [-0.3, -0.25) is 9.89 Å². The zero-order valence-electron chi connectivity index (χ0n) is 15.5. The molecule has 0 unspecified atom stereocenters. The first-order valence-corrected chi connectivity index (χ1v) is 9.87. The number of anilines is 1. The summed E-state index contributed by atoms with van der Waals surface area (Å²) in [7, 11) is 0. The maximum Gasteiger partial charge on any atom is 0.407 e. The second kappa shape index (κ2) is 5.97. The summed E-state index contributed by atoms with van der Waals surface area (Å²) < 4.78 is 19.1. The zero-order valence-corrected chi connectivity index (χ0v) is 15.5. The summed E-state index contributed by atoms with van der Waals surface area (Å²) in [5, 5.41) is 12.8. The van der Waals surface area contributed by atoms with E-state index in [-0.39, 0.29) is 35.3 Å². The van der Waals surface area contributed by atoms with E-state index in [2.05, 4.69) is 26.8 Å². The maximum atomic E-state index is 13.5. The summed E-state index contributed by atoms with van der Waals surface area (Å²) in [6, 6.07) is 1.83. The molecule has 1 aromatic rings. The van der Waals surface area contributed by atoms with E-state index >= 15 is 0 Å². The van der Waals surface area contributed by atoms with Crippen molar-refractivity contribution in [1.82, 2.24) is 15.5 Å². The molecule has 5 fully saturated rings. The average molecular weight is 386 g/mol. The molecule has 5 aliphatic carbocycles. The summed E-state index contributed by atoms with van der Waals surface area (Å²) in [5.41, 5.74) is -0.481. The molecule has 2 bridgehead atoms. The largest absolute Gasteiger partial charge is 0.446 e. The molecule has 4 atom stereocenters. The zero-order chi connectivity index (χ0) is 19.5. The molecule has 28 heavy (non-hydrogen) atoms. The van der Waals surface area contributed by atoms with Crippen LogP contribution in [-0.4, -0.2) is 39.5 Å². The third-order valence-corrected chi connectivity index (χ3v) is 6.62. The molecule has 0 aromatic carbocycles. The van der Waals surface area contributed by atoms with Crippen molar-refractivity contribution in [3.8, 4) is 12.3 Å². The minimum atomic E-state index is -1.04. The number of amides is 2. The van der Waals surface area contributed by atoms with E-state index in [0.29, 0.717) is 31.5 Å². The van der Waals surface area contributed by atoms with Crippen molar-refractivity contribution in [3.05, 3.63) is 11.8 Å². The number of nitrogens with one attached hydrogen (secondary N) is 3. The van der Waals surface area contributed by atoms with Crippen molar-refractivity contribution in [3.63, 3.8) is 0 Å². The quantitative estimate of drug-likeness (QED) is 0.678. The molecule has 8 heteroatoms. The van der Waals surface area contributed by atoms with Gasteiger partial charge < -0.3 is 15.4 Å². The number of alkyl halides is 1. The topological polar surface area (TPSA) is 96.1 Å². The van der Waals surface area contributed by atoms with E-state index in [9.17, 15) is 14.0 Å².